The number of hydrogen-bond acceptors (Lipinski definition) is 4. The van der Waals surface area contributed by atoms with Crippen LogP contribution in [0.2, 0.25) is 0 Å². The predicted molar refractivity (Wildman–Crippen MR) is 83.7 cm³/mol. The predicted octanol–water partition coefficient (Wildman–Crippen LogP) is 3.43. The molecule has 0 unspecified atom stereocenters. The Bertz CT molecular complexity index is 921. The van der Waals surface area contributed by atoms with Crippen molar-refractivity contribution in [2.24, 2.45) is 7.05 Å². The zero-order valence-corrected chi connectivity index (χ0v) is 11.7. The van der Waals surface area contributed by atoms with Crippen LogP contribution in [0.3, 0.4) is 0 Å². The summed E-state index contributed by atoms with van der Waals surface area (Å²) in [5, 5.41) is 0. The monoisotopic (exact) mass is 280 g/mol. The van der Waals surface area contributed by atoms with Crippen molar-refractivity contribution < 1.29 is 0 Å². The fourth-order valence-electron chi connectivity index (χ4n) is 2.45. The van der Waals surface area contributed by atoms with Crippen LogP contribution in [0.4, 0.5) is 5.82 Å². The molecule has 4 rings (SSSR count). The third-order valence-corrected chi connectivity index (χ3v) is 4.59. The van der Waals surface area contributed by atoms with Gasteiger partial charge in [0.25, 0.3) is 0 Å². The highest BCUT2D eigenvalue weighted by atomic mass is 32.1. The molecule has 0 saturated heterocycles. The molecule has 0 bridgehead atoms. The lowest BCUT2D eigenvalue weighted by atomic mass is 10.2. The van der Waals surface area contributed by atoms with Gasteiger partial charge in [0.05, 0.1) is 22.1 Å². The van der Waals surface area contributed by atoms with Crippen LogP contribution in [0.25, 0.3) is 31.7 Å². The molecule has 3 heterocycles. The van der Waals surface area contributed by atoms with E-state index in [1.165, 1.54) is 10.4 Å². The van der Waals surface area contributed by atoms with E-state index in [0.29, 0.717) is 5.82 Å². The van der Waals surface area contributed by atoms with Crippen molar-refractivity contribution in [3.05, 3.63) is 42.7 Å². The zero-order valence-electron chi connectivity index (χ0n) is 10.9. The number of anilines is 1. The third-order valence-electron chi connectivity index (χ3n) is 3.41. The van der Waals surface area contributed by atoms with Crippen molar-refractivity contribution in [2.45, 2.75) is 0 Å². The number of aryl methyl sites for hydroxylation is 1. The second-order valence-corrected chi connectivity index (χ2v) is 5.79. The van der Waals surface area contributed by atoms with Crippen LogP contribution in [-0.2, 0) is 7.05 Å². The summed E-state index contributed by atoms with van der Waals surface area (Å²) >= 11 is 1.73. The van der Waals surface area contributed by atoms with Gasteiger partial charge in [0.1, 0.15) is 5.52 Å². The Labute approximate surface area is 119 Å². The smallest absolute Gasteiger partial charge is 0.152 e. The largest absolute Gasteiger partial charge is 0.382 e. The van der Waals surface area contributed by atoms with Crippen molar-refractivity contribution in [2.75, 3.05) is 5.73 Å². The molecule has 4 aromatic rings. The zero-order chi connectivity index (χ0) is 13.7. The standard InChI is InChI=1S/C15H12N4S/c1-19-8-17-12-13(19)14-10(18-15(12)16)7-11(20-14)9-5-3-2-4-6-9/h2-8H,1H3,(H2,16,18). The van der Waals surface area contributed by atoms with E-state index in [4.69, 9.17) is 5.73 Å². The van der Waals surface area contributed by atoms with Crippen molar-refractivity contribution in [3.8, 4) is 10.4 Å². The molecule has 0 amide bonds. The van der Waals surface area contributed by atoms with Crippen LogP contribution in [-0.4, -0.2) is 14.5 Å². The van der Waals surface area contributed by atoms with Gasteiger partial charge in [-0.3, -0.25) is 0 Å². The second kappa shape index (κ2) is 4.05. The van der Waals surface area contributed by atoms with E-state index in [9.17, 15) is 0 Å². The molecule has 20 heavy (non-hydrogen) atoms. The van der Waals surface area contributed by atoms with E-state index in [1.54, 1.807) is 17.7 Å². The summed E-state index contributed by atoms with van der Waals surface area (Å²) in [7, 11) is 1.98. The third kappa shape index (κ3) is 1.53. The Morgan fingerprint density at radius 1 is 1.20 bits per heavy atom. The Kier molecular flexibility index (Phi) is 2.31. The lowest BCUT2D eigenvalue weighted by molar-refractivity contribution is 0.951. The summed E-state index contributed by atoms with van der Waals surface area (Å²) < 4.78 is 3.13. The van der Waals surface area contributed by atoms with Gasteiger partial charge in [-0.1, -0.05) is 30.3 Å². The minimum absolute atomic E-state index is 0.491. The molecule has 1 aromatic carbocycles. The van der Waals surface area contributed by atoms with Crippen LogP contribution >= 0.6 is 11.3 Å². The number of nitrogen functional groups attached to an aromatic ring is 1. The van der Waals surface area contributed by atoms with Crippen molar-refractivity contribution in [1.29, 1.82) is 0 Å². The Balaban J connectivity index is 2.09. The highest BCUT2D eigenvalue weighted by molar-refractivity contribution is 7.23. The molecule has 2 N–H and O–H groups in total. The average Bonchev–Trinajstić information content (AvgIpc) is 3.04. The Morgan fingerprint density at radius 3 is 2.80 bits per heavy atom. The molecular weight excluding hydrogens is 268 g/mol. The maximum atomic E-state index is 6.00. The number of pyridine rings is 1. The number of benzene rings is 1. The summed E-state index contributed by atoms with van der Waals surface area (Å²) in [5.41, 5.74) is 9.97. The SMILES string of the molecule is Cn1cnc2c(N)nc3cc(-c4ccccc4)sc3c21. The molecule has 0 radical (unpaired) electrons. The normalized spacial score (nSPS) is 11.4. The maximum absolute atomic E-state index is 6.00. The number of aromatic nitrogens is 3. The van der Waals surface area contributed by atoms with E-state index in [0.717, 1.165) is 21.3 Å². The lowest BCUT2D eigenvalue weighted by Gasteiger charge is -1.98. The van der Waals surface area contributed by atoms with Crippen LogP contribution in [0, 0.1) is 0 Å². The maximum Gasteiger partial charge on any atom is 0.152 e. The summed E-state index contributed by atoms with van der Waals surface area (Å²) in [6.45, 7) is 0. The molecule has 5 heteroatoms. The molecule has 0 fully saturated rings. The van der Waals surface area contributed by atoms with Gasteiger partial charge in [0.2, 0.25) is 0 Å². The molecule has 4 nitrogen and oxygen atoms in total. The fourth-order valence-corrected chi connectivity index (χ4v) is 3.64. The summed E-state index contributed by atoms with van der Waals surface area (Å²) in [4.78, 5) is 10.0. The lowest BCUT2D eigenvalue weighted by Crippen LogP contribution is -1.92. The number of fused-ring (bicyclic) bond motifs is 3. The van der Waals surface area contributed by atoms with Crippen molar-refractivity contribution in [1.82, 2.24) is 14.5 Å². The summed E-state index contributed by atoms with van der Waals surface area (Å²) in [5.74, 6) is 0.491. The summed E-state index contributed by atoms with van der Waals surface area (Å²) in [6.07, 6.45) is 1.78. The highest BCUT2D eigenvalue weighted by Gasteiger charge is 2.14. The highest BCUT2D eigenvalue weighted by Crippen LogP contribution is 2.37. The molecule has 0 spiro atoms. The van der Waals surface area contributed by atoms with Crippen molar-refractivity contribution in [3.63, 3.8) is 0 Å². The molecule has 0 atom stereocenters. The first-order chi connectivity index (χ1) is 9.74. The first-order valence-corrected chi connectivity index (χ1v) is 7.11. The second-order valence-electron chi connectivity index (χ2n) is 4.74. The number of hydrogen-bond donors (Lipinski definition) is 1. The van der Waals surface area contributed by atoms with Gasteiger partial charge in [0, 0.05) is 11.9 Å². The molecule has 3 aromatic heterocycles. The van der Waals surface area contributed by atoms with E-state index < -0.39 is 0 Å². The molecule has 98 valence electrons. The Morgan fingerprint density at radius 2 is 2.00 bits per heavy atom. The number of rotatable bonds is 1. The van der Waals surface area contributed by atoms with Gasteiger partial charge in [-0.05, 0) is 11.6 Å². The van der Waals surface area contributed by atoms with Crippen LogP contribution in [0.5, 0.6) is 0 Å². The first-order valence-electron chi connectivity index (χ1n) is 6.29. The molecule has 0 aliphatic heterocycles. The van der Waals surface area contributed by atoms with Crippen LogP contribution < -0.4 is 5.73 Å². The van der Waals surface area contributed by atoms with Crippen LogP contribution in [0.1, 0.15) is 0 Å². The average molecular weight is 280 g/mol. The van der Waals surface area contributed by atoms with E-state index >= 15 is 0 Å². The summed E-state index contributed by atoms with van der Waals surface area (Å²) in [6, 6.07) is 12.4. The number of imidazole rings is 1. The van der Waals surface area contributed by atoms with Crippen molar-refractivity contribution >= 4 is 38.4 Å². The van der Waals surface area contributed by atoms with Gasteiger partial charge < -0.3 is 10.3 Å². The van der Waals surface area contributed by atoms with Gasteiger partial charge in [0.15, 0.2) is 5.82 Å². The minimum atomic E-state index is 0.491. The molecule has 0 aliphatic carbocycles. The van der Waals surface area contributed by atoms with E-state index in [-0.39, 0.29) is 0 Å². The Hall–Kier alpha value is -2.40. The molecule has 0 saturated carbocycles. The van der Waals surface area contributed by atoms with Gasteiger partial charge >= 0.3 is 0 Å². The topological polar surface area (TPSA) is 56.7 Å². The quantitative estimate of drug-likeness (QED) is 0.581. The first kappa shape index (κ1) is 11.4. The van der Waals surface area contributed by atoms with Gasteiger partial charge in [-0.15, -0.1) is 11.3 Å². The van der Waals surface area contributed by atoms with E-state index in [1.807, 2.05) is 29.8 Å². The molecular formula is C15H12N4S. The fraction of sp³-hybridized carbons (Fsp3) is 0.0667. The van der Waals surface area contributed by atoms with Crippen LogP contribution in [0.15, 0.2) is 42.7 Å². The van der Waals surface area contributed by atoms with Gasteiger partial charge in [-0.2, -0.15) is 0 Å². The van der Waals surface area contributed by atoms with Gasteiger partial charge in [-0.25, -0.2) is 9.97 Å². The number of nitrogens with zero attached hydrogens (tertiary/aromatic N) is 3. The number of thiophene rings is 1. The number of nitrogens with two attached hydrogens (primary N) is 1. The van der Waals surface area contributed by atoms with E-state index in [2.05, 4.69) is 28.2 Å². The minimum Gasteiger partial charge on any atom is -0.382 e. The molecule has 0 aliphatic rings.